The molecule has 0 aliphatic carbocycles. The third kappa shape index (κ3) is 3.84. The van der Waals surface area contributed by atoms with E-state index >= 15 is 0 Å². The van der Waals surface area contributed by atoms with E-state index in [0.29, 0.717) is 29.6 Å². The van der Waals surface area contributed by atoms with Gasteiger partial charge in [-0.25, -0.2) is 4.39 Å². The number of ether oxygens (including phenoxy) is 1. The molecule has 1 aromatic carbocycles. The number of carbonyl (C=O) groups is 1. The summed E-state index contributed by atoms with van der Waals surface area (Å²) in [6.45, 7) is 0.700. The van der Waals surface area contributed by atoms with Gasteiger partial charge in [-0.3, -0.25) is 4.79 Å². The monoisotopic (exact) mass is 371 g/mol. The van der Waals surface area contributed by atoms with Crippen molar-refractivity contribution in [3.63, 3.8) is 0 Å². The van der Waals surface area contributed by atoms with Crippen LogP contribution in [0.25, 0.3) is 0 Å². The van der Waals surface area contributed by atoms with Gasteiger partial charge in [0.1, 0.15) is 17.8 Å². The summed E-state index contributed by atoms with van der Waals surface area (Å²) in [6.07, 6.45) is 5.59. The Morgan fingerprint density at radius 2 is 2.11 bits per heavy atom. The number of hydrogen-bond acceptors (Lipinski definition) is 6. The highest BCUT2D eigenvalue weighted by Gasteiger charge is 2.32. The Labute approximate surface area is 154 Å². The van der Waals surface area contributed by atoms with Crippen molar-refractivity contribution in [1.29, 1.82) is 0 Å². The molecule has 0 bridgehead atoms. The fourth-order valence-corrected chi connectivity index (χ4v) is 3.13. The van der Waals surface area contributed by atoms with Crippen LogP contribution in [-0.2, 0) is 6.61 Å². The first-order valence-electron chi connectivity index (χ1n) is 8.75. The molecule has 1 fully saturated rings. The Morgan fingerprint density at radius 1 is 1.26 bits per heavy atom. The summed E-state index contributed by atoms with van der Waals surface area (Å²) in [5.41, 5.74) is 0.505. The summed E-state index contributed by atoms with van der Waals surface area (Å²) < 4.78 is 28.7. The standard InChI is InChI=1S/C19H18FN3O4/c20-14-4-6-15(7-5-14)26-12-17-21-18(22-27-17)16-3-1-2-9-23(16)19(24)13-8-10-25-11-13/h4-8,10-11,16H,1-3,9,12H2. The summed E-state index contributed by atoms with van der Waals surface area (Å²) >= 11 is 0. The van der Waals surface area contributed by atoms with Crippen LogP contribution in [0.3, 0.4) is 0 Å². The van der Waals surface area contributed by atoms with Crippen LogP contribution < -0.4 is 4.74 Å². The Balaban J connectivity index is 1.45. The topological polar surface area (TPSA) is 81.6 Å². The molecule has 3 heterocycles. The number of amides is 1. The molecule has 140 valence electrons. The van der Waals surface area contributed by atoms with E-state index in [4.69, 9.17) is 13.7 Å². The second-order valence-electron chi connectivity index (χ2n) is 6.31. The van der Waals surface area contributed by atoms with Gasteiger partial charge in [0.25, 0.3) is 11.8 Å². The van der Waals surface area contributed by atoms with Crippen molar-refractivity contribution in [3.8, 4) is 5.75 Å². The van der Waals surface area contributed by atoms with Crippen LogP contribution in [0.15, 0.2) is 51.8 Å². The fraction of sp³-hybridized carbons (Fsp3) is 0.316. The Bertz CT molecular complexity index is 892. The molecular formula is C19H18FN3O4. The van der Waals surface area contributed by atoms with E-state index in [2.05, 4.69) is 10.1 Å². The van der Waals surface area contributed by atoms with Crippen LogP contribution in [0.5, 0.6) is 5.75 Å². The number of nitrogens with zero attached hydrogens (tertiary/aromatic N) is 3. The lowest BCUT2D eigenvalue weighted by Crippen LogP contribution is -2.38. The molecule has 1 aliphatic heterocycles. The molecule has 4 rings (SSSR count). The molecule has 0 saturated carbocycles. The summed E-state index contributed by atoms with van der Waals surface area (Å²) in [5, 5.41) is 4.04. The van der Waals surface area contributed by atoms with Gasteiger partial charge in [0.15, 0.2) is 12.4 Å². The quantitative estimate of drug-likeness (QED) is 0.679. The maximum atomic E-state index is 12.9. The maximum Gasteiger partial charge on any atom is 0.264 e. The number of hydrogen-bond donors (Lipinski definition) is 0. The normalized spacial score (nSPS) is 17.1. The van der Waals surface area contributed by atoms with Crippen molar-refractivity contribution in [1.82, 2.24) is 15.0 Å². The van der Waals surface area contributed by atoms with Crippen molar-refractivity contribution >= 4 is 5.91 Å². The SMILES string of the molecule is O=C(c1ccoc1)N1CCCCC1c1noc(COc2ccc(F)cc2)n1. The Kier molecular flexibility index (Phi) is 4.86. The lowest BCUT2D eigenvalue weighted by Gasteiger charge is -2.33. The second-order valence-corrected chi connectivity index (χ2v) is 6.31. The third-order valence-corrected chi connectivity index (χ3v) is 4.49. The van der Waals surface area contributed by atoms with E-state index in [1.807, 2.05) is 0 Å². The first-order valence-corrected chi connectivity index (χ1v) is 8.75. The molecular weight excluding hydrogens is 353 g/mol. The van der Waals surface area contributed by atoms with Crippen molar-refractivity contribution < 1.29 is 22.9 Å². The Hall–Kier alpha value is -3.16. The minimum absolute atomic E-state index is 0.0705. The first kappa shape index (κ1) is 17.3. The molecule has 1 atom stereocenters. The van der Waals surface area contributed by atoms with E-state index in [1.165, 1.54) is 36.8 Å². The molecule has 2 aromatic heterocycles. The number of rotatable bonds is 5. The van der Waals surface area contributed by atoms with Crippen LogP contribution in [0.4, 0.5) is 4.39 Å². The largest absolute Gasteiger partial charge is 0.484 e. The van der Waals surface area contributed by atoms with Crippen LogP contribution in [0.1, 0.15) is 47.4 Å². The highest BCUT2D eigenvalue weighted by molar-refractivity contribution is 5.94. The summed E-state index contributed by atoms with van der Waals surface area (Å²) in [4.78, 5) is 18.9. The molecule has 1 unspecified atom stereocenters. The minimum Gasteiger partial charge on any atom is -0.484 e. The predicted molar refractivity (Wildman–Crippen MR) is 91.4 cm³/mol. The molecule has 27 heavy (non-hydrogen) atoms. The third-order valence-electron chi connectivity index (χ3n) is 4.49. The lowest BCUT2D eigenvalue weighted by molar-refractivity contribution is 0.0596. The van der Waals surface area contributed by atoms with Gasteiger partial charge in [0.2, 0.25) is 0 Å². The van der Waals surface area contributed by atoms with E-state index < -0.39 is 0 Å². The minimum atomic E-state index is -0.331. The molecule has 0 N–H and O–H groups in total. The van der Waals surface area contributed by atoms with E-state index in [0.717, 1.165) is 19.3 Å². The second kappa shape index (κ2) is 7.61. The van der Waals surface area contributed by atoms with Crippen molar-refractivity contribution in [3.05, 3.63) is 66.0 Å². The summed E-state index contributed by atoms with van der Waals surface area (Å²) in [7, 11) is 0. The van der Waals surface area contributed by atoms with Crippen LogP contribution in [0, 0.1) is 5.82 Å². The van der Waals surface area contributed by atoms with E-state index in [-0.39, 0.29) is 24.4 Å². The van der Waals surface area contributed by atoms with Gasteiger partial charge < -0.3 is 18.6 Å². The molecule has 3 aromatic rings. The Morgan fingerprint density at radius 3 is 2.89 bits per heavy atom. The molecule has 1 aliphatic rings. The van der Waals surface area contributed by atoms with Crippen LogP contribution >= 0.6 is 0 Å². The average Bonchev–Trinajstić information content (AvgIpc) is 3.39. The number of furan rings is 1. The van der Waals surface area contributed by atoms with E-state index in [9.17, 15) is 9.18 Å². The number of likely N-dealkylation sites (tertiary alicyclic amines) is 1. The molecule has 0 spiro atoms. The number of benzene rings is 1. The van der Waals surface area contributed by atoms with E-state index in [1.54, 1.807) is 11.0 Å². The predicted octanol–water partition coefficient (Wildman–Crippen LogP) is 3.75. The fourth-order valence-electron chi connectivity index (χ4n) is 3.13. The van der Waals surface area contributed by atoms with Gasteiger partial charge in [0.05, 0.1) is 17.9 Å². The summed E-state index contributed by atoms with van der Waals surface area (Å²) in [6, 6.07) is 7.08. The van der Waals surface area contributed by atoms with Gasteiger partial charge in [-0.2, -0.15) is 4.98 Å². The molecule has 1 saturated heterocycles. The first-order chi connectivity index (χ1) is 13.2. The van der Waals surface area contributed by atoms with Gasteiger partial charge in [-0.1, -0.05) is 5.16 Å². The van der Waals surface area contributed by atoms with Gasteiger partial charge >= 0.3 is 0 Å². The number of piperidine rings is 1. The zero-order valence-electron chi connectivity index (χ0n) is 14.5. The zero-order valence-corrected chi connectivity index (χ0v) is 14.5. The average molecular weight is 371 g/mol. The lowest BCUT2D eigenvalue weighted by atomic mass is 10.0. The summed E-state index contributed by atoms with van der Waals surface area (Å²) in [5.74, 6) is 0.829. The zero-order chi connectivity index (χ0) is 18.6. The van der Waals surface area contributed by atoms with Crippen LogP contribution in [-0.4, -0.2) is 27.5 Å². The molecule has 0 radical (unpaired) electrons. The van der Waals surface area contributed by atoms with Crippen LogP contribution in [0.2, 0.25) is 0 Å². The number of carbonyl (C=O) groups excluding carboxylic acids is 1. The smallest absolute Gasteiger partial charge is 0.264 e. The maximum absolute atomic E-state index is 12.9. The van der Waals surface area contributed by atoms with Gasteiger partial charge in [-0.15, -0.1) is 0 Å². The molecule has 7 nitrogen and oxygen atoms in total. The van der Waals surface area contributed by atoms with Crippen molar-refractivity contribution in [2.75, 3.05) is 6.54 Å². The van der Waals surface area contributed by atoms with Gasteiger partial charge in [-0.05, 0) is 49.6 Å². The molecule has 8 heteroatoms. The van der Waals surface area contributed by atoms with Crippen molar-refractivity contribution in [2.45, 2.75) is 31.9 Å². The van der Waals surface area contributed by atoms with Gasteiger partial charge in [0, 0.05) is 6.54 Å². The molecule has 1 amide bonds. The van der Waals surface area contributed by atoms with Crippen molar-refractivity contribution in [2.24, 2.45) is 0 Å². The number of aromatic nitrogens is 2. The number of halogens is 1. The highest BCUT2D eigenvalue weighted by atomic mass is 19.1. The highest BCUT2D eigenvalue weighted by Crippen LogP contribution is 2.30.